The summed E-state index contributed by atoms with van der Waals surface area (Å²) in [5, 5.41) is 0. The second kappa shape index (κ2) is 6.31. The maximum absolute atomic E-state index is 13.5. The lowest BCUT2D eigenvalue weighted by atomic mass is 9.46. The van der Waals surface area contributed by atoms with Crippen LogP contribution >= 0.6 is 0 Å². The summed E-state index contributed by atoms with van der Waals surface area (Å²) < 4.78 is 13.5. The zero-order valence-corrected chi connectivity index (χ0v) is 17.6. The molecule has 7 atom stereocenters. The van der Waals surface area contributed by atoms with E-state index in [2.05, 4.69) is 18.7 Å². The van der Waals surface area contributed by atoms with Gasteiger partial charge in [-0.15, -0.1) is 0 Å². The van der Waals surface area contributed by atoms with E-state index in [1.54, 1.807) is 0 Å². The van der Waals surface area contributed by atoms with Gasteiger partial charge in [0, 0.05) is 13.1 Å². The van der Waals surface area contributed by atoms with Crippen LogP contribution in [-0.4, -0.2) is 23.9 Å². The summed E-state index contributed by atoms with van der Waals surface area (Å²) >= 11 is 0. The van der Waals surface area contributed by atoms with Crippen molar-refractivity contribution in [3.63, 3.8) is 0 Å². The molecule has 1 aromatic rings. The first-order valence-corrected chi connectivity index (χ1v) is 11.4. The summed E-state index contributed by atoms with van der Waals surface area (Å²) in [6, 6.07) is 7.02. The third-order valence-corrected chi connectivity index (χ3v) is 9.63. The Kier molecular flexibility index (Phi) is 4.20. The molecule has 0 bridgehead atoms. The molecule has 4 aliphatic rings. The third kappa shape index (κ3) is 2.53. The monoisotopic (exact) mass is 383 g/mol. The van der Waals surface area contributed by atoms with Gasteiger partial charge < -0.3 is 4.90 Å². The molecule has 4 fully saturated rings. The summed E-state index contributed by atoms with van der Waals surface area (Å²) in [4.78, 5) is 15.3. The third-order valence-electron chi connectivity index (χ3n) is 9.63. The first-order chi connectivity index (χ1) is 13.3. The van der Waals surface area contributed by atoms with Crippen molar-refractivity contribution in [1.29, 1.82) is 0 Å². The van der Waals surface area contributed by atoms with Crippen LogP contribution in [0.3, 0.4) is 0 Å². The molecule has 2 nitrogen and oxygen atoms in total. The van der Waals surface area contributed by atoms with Gasteiger partial charge in [-0.2, -0.15) is 0 Å². The highest BCUT2D eigenvalue weighted by Crippen LogP contribution is 2.65. The first kappa shape index (κ1) is 18.6. The number of hydrogen-bond acceptors (Lipinski definition) is 1. The van der Waals surface area contributed by atoms with Crippen LogP contribution in [0.25, 0.3) is 0 Å². The molecule has 0 spiro atoms. The van der Waals surface area contributed by atoms with Crippen molar-refractivity contribution in [2.45, 2.75) is 77.2 Å². The molecule has 5 rings (SSSR count). The van der Waals surface area contributed by atoms with E-state index in [1.165, 1.54) is 50.7 Å². The number of rotatable bonds is 1. The van der Waals surface area contributed by atoms with Crippen molar-refractivity contribution >= 4 is 5.91 Å². The average Bonchev–Trinajstić information content (AvgIpc) is 3.07. The van der Waals surface area contributed by atoms with Gasteiger partial charge in [0.2, 0.25) is 5.91 Å². The van der Waals surface area contributed by atoms with Crippen LogP contribution in [0, 0.1) is 34.4 Å². The van der Waals surface area contributed by atoms with Crippen molar-refractivity contribution in [3.05, 3.63) is 35.6 Å². The molecule has 1 aromatic carbocycles. The standard InChI is InChI=1S/C25H34FNO/c1-24-13-4-5-20(24)18-10-11-22-25(2,21(18)12-14-24)15-19(23(28)27(22)3)16-6-8-17(26)9-7-16/h6-9,18-22H,4-5,10-15H2,1-3H3/t18-,19?,20-,21+,22?,24-,25+/m0/s1. The highest BCUT2D eigenvalue weighted by molar-refractivity contribution is 5.85. The lowest BCUT2D eigenvalue weighted by Gasteiger charge is -2.62. The Balaban J connectivity index is 1.49. The van der Waals surface area contributed by atoms with Crippen LogP contribution in [0.15, 0.2) is 24.3 Å². The molecule has 152 valence electrons. The van der Waals surface area contributed by atoms with Crippen molar-refractivity contribution in [1.82, 2.24) is 4.90 Å². The fourth-order valence-corrected chi connectivity index (χ4v) is 8.23. The highest BCUT2D eigenvalue weighted by atomic mass is 19.1. The van der Waals surface area contributed by atoms with Gasteiger partial charge in [-0.05, 0) is 91.2 Å². The molecule has 28 heavy (non-hydrogen) atoms. The molecule has 0 aromatic heterocycles. The summed E-state index contributed by atoms with van der Waals surface area (Å²) in [7, 11) is 2.02. The molecule has 1 saturated heterocycles. The van der Waals surface area contributed by atoms with Crippen molar-refractivity contribution in [3.8, 4) is 0 Å². The fourth-order valence-electron chi connectivity index (χ4n) is 8.23. The van der Waals surface area contributed by atoms with Gasteiger partial charge in [-0.25, -0.2) is 4.39 Å². The van der Waals surface area contributed by atoms with Crippen LogP contribution in [0.1, 0.15) is 76.7 Å². The van der Waals surface area contributed by atoms with E-state index in [1.807, 2.05) is 19.2 Å². The SMILES string of the molecule is CN1C(=O)C(c2ccc(F)cc2)C[C@@]2(C)C1CC[C@@H]1[C@H]2CC[C@]2(C)CCC[C@@H]12. The lowest BCUT2D eigenvalue weighted by molar-refractivity contribution is -0.160. The summed E-state index contributed by atoms with van der Waals surface area (Å²) in [6.45, 7) is 5.03. The molecule has 1 aliphatic heterocycles. The molecular weight excluding hydrogens is 349 g/mol. The summed E-state index contributed by atoms with van der Waals surface area (Å²) in [5.74, 6) is 2.32. The Morgan fingerprint density at radius 1 is 1.00 bits per heavy atom. The molecule has 3 aliphatic carbocycles. The van der Waals surface area contributed by atoms with Crippen molar-refractivity contribution in [2.75, 3.05) is 7.05 Å². The van der Waals surface area contributed by atoms with Crippen LogP contribution in [0.5, 0.6) is 0 Å². The number of likely N-dealkylation sites (tertiary alicyclic amines) is 1. The Hall–Kier alpha value is -1.38. The minimum atomic E-state index is -0.227. The van der Waals surface area contributed by atoms with Crippen LogP contribution in [0.2, 0.25) is 0 Å². The Morgan fingerprint density at radius 3 is 2.50 bits per heavy atom. The second-order valence-corrected chi connectivity index (χ2v) is 10.8. The number of nitrogens with zero attached hydrogens (tertiary/aromatic N) is 1. The Labute approximate surface area is 168 Å². The number of halogens is 1. The lowest BCUT2D eigenvalue weighted by Crippen LogP contribution is -2.62. The van der Waals surface area contributed by atoms with E-state index in [4.69, 9.17) is 0 Å². The van der Waals surface area contributed by atoms with Gasteiger partial charge in [0.15, 0.2) is 0 Å². The Bertz CT molecular complexity index is 775. The molecule has 0 radical (unpaired) electrons. The van der Waals surface area contributed by atoms with E-state index in [0.717, 1.165) is 36.2 Å². The minimum absolute atomic E-state index is 0.123. The van der Waals surface area contributed by atoms with Gasteiger partial charge in [0.1, 0.15) is 5.82 Å². The van der Waals surface area contributed by atoms with Crippen LogP contribution in [-0.2, 0) is 4.79 Å². The zero-order chi connectivity index (χ0) is 19.7. The largest absolute Gasteiger partial charge is 0.342 e. The number of piperidine rings is 1. The summed E-state index contributed by atoms with van der Waals surface area (Å²) in [6.07, 6.45) is 10.3. The van der Waals surface area contributed by atoms with E-state index in [0.29, 0.717) is 11.5 Å². The van der Waals surface area contributed by atoms with Crippen molar-refractivity contribution < 1.29 is 9.18 Å². The van der Waals surface area contributed by atoms with Crippen LogP contribution < -0.4 is 0 Å². The first-order valence-electron chi connectivity index (χ1n) is 11.4. The van der Waals surface area contributed by atoms with Gasteiger partial charge in [0.05, 0.1) is 5.92 Å². The number of benzene rings is 1. The number of hydrogen-bond donors (Lipinski definition) is 0. The smallest absolute Gasteiger partial charge is 0.230 e. The van der Waals surface area contributed by atoms with Gasteiger partial charge in [0.25, 0.3) is 0 Å². The fraction of sp³-hybridized carbons (Fsp3) is 0.720. The number of amides is 1. The molecule has 1 amide bonds. The van der Waals surface area contributed by atoms with E-state index < -0.39 is 0 Å². The normalized spacial score (nSPS) is 45.4. The molecule has 2 unspecified atom stereocenters. The van der Waals surface area contributed by atoms with Crippen LogP contribution in [0.4, 0.5) is 4.39 Å². The Morgan fingerprint density at radius 2 is 1.75 bits per heavy atom. The quantitative estimate of drug-likeness (QED) is 0.602. The predicted octanol–water partition coefficient (Wildman–Crippen LogP) is 5.77. The van der Waals surface area contributed by atoms with Gasteiger partial charge >= 0.3 is 0 Å². The van der Waals surface area contributed by atoms with Gasteiger partial charge in [-0.1, -0.05) is 32.4 Å². The maximum atomic E-state index is 13.5. The summed E-state index contributed by atoms with van der Waals surface area (Å²) in [5.41, 5.74) is 1.73. The maximum Gasteiger partial charge on any atom is 0.230 e. The molecule has 3 saturated carbocycles. The molecular formula is C25H34FNO. The predicted molar refractivity (Wildman–Crippen MR) is 109 cm³/mol. The van der Waals surface area contributed by atoms with Gasteiger partial charge in [-0.3, -0.25) is 4.79 Å². The topological polar surface area (TPSA) is 20.3 Å². The van der Waals surface area contributed by atoms with Crippen molar-refractivity contribution in [2.24, 2.45) is 28.6 Å². The molecule has 0 N–H and O–H groups in total. The zero-order valence-electron chi connectivity index (χ0n) is 17.6. The van der Waals surface area contributed by atoms with E-state index >= 15 is 0 Å². The van der Waals surface area contributed by atoms with E-state index in [-0.39, 0.29) is 23.1 Å². The second-order valence-electron chi connectivity index (χ2n) is 10.8. The number of carbonyl (C=O) groups excluding carboxylic acids is 1. The minimum Gasteiger partial charge on any atom is -0.342 e. The van der Waals surface area contributed by atoms with E-state index in [9.17, 15) is 9.18 Å². The molecule has 1 heterocycles. The molecule has 3 heteroatoms. The average molecular weight is 384 g/mol. The number of carbonyl (C=O) groups is 1. The number of fused-ring (bicyclic) bond motifs is 5. The number of likely N-dealkylation sites (N-methyl/N-ethyl adjacent to an activating group) is 1. The highest BCUT2D eigenvalue weighted by Gasteiger charge is 2.60.